The van der Waals surface area contributed by atoms with Crippen molar-refractivity contribution in [3.8, 4) is 51.0 Å². The van der Waals surface area contributed by atoms with E-state index >= 15 is 0 Å². The van der Waals surface area contributed by atoms with Crippen LogP contribution in [-0.2, 0) is 12.5 Å². The topological polar surface area (TPSA) is 44.9 Å². The number of hydrogen-bond donors (Lipinski definition) is 0. The summed E-state index contributed by atoms with van der Waals surface area (Å²) in [7, 11) is 1.99. The molecule has 0 unspecified atom stereocenters. The van der Waals surface area contributed by atoms with Gasteiger partial charge in [0, 0.05) is 47.6 Å². The third-order valence-corrected chi connectivity index (χ3v) is 7.78. The molecule has 5 heteroatoms. The van der Waals surface area contributed by atoms with Crippen molar-refractivity contribution in [3.05, 3.63) is 126 Å². The lowest BCUT2D eigenvalue weighted by atomic mass is 9.82. The van der Waals surface area contributed by atoms with Gasteiger partial charge in [-0.1, -0.05) is 87.0 Å². The lowest BCUT2D eigenvalue weighted by Gasteiger charge is -2.24. The Hall–Kier alpha value is -4.90. The first-order chi connectivity index (χ1) is 20.6. The van der Waals surface area contributed by atoms with Crippen LogP contribution in [0.1, 0.15) is 43.2 Å². The second-order valence-corrected chi connectivity index (χ2v) is 12.4. The van der Waals surface area contributed by atoms with Crippen LogP contribution in [0.2, 0.25) is 0 Å². The maximum atomic E-state index is 6.42. The minimum absolute atomic E-state index is 0.202. The van der Waals surface area contributed by atoms with Gasteiger partial charge in [0.25, 0.3) is 0 Å². The van der Waals surface area contributed by atoms with Crippen LogP contribution in [0.5, 0.6) is 11.5 Å². The van der Waals surface area contributed by atoms with Gasteiger partial charge in [0.2, 0.25) is 0 Å². The van der Waals surface area contributed by atoms with Crippen molar-refractivity contribution in [3.63, 3.8) is 0 Å². The van der Waals surface area contributed by atoms with Crippen molar-refractivity contribution in [2.24, 2.45) is 7.05 Å². The fourth-order valence-corrected chi connectivity index (χ4v) is 6.06. The van der Waals surface area contributed by atoms with E-state index in [1.807, 2.05) is 54.2 Å². The Morgan fingerprint density at radius 3 is 2.00 bits per heavy atom. The highest BCUT2D eigenvalue weighted by Crippen LogP contribution is 2.44. The summed E-state index contributed by atoms with van der Waals surface area (Å²) in [6.07, 6.45) is 3.75. The Kier molecular flexibility index (Phi) is 7.26. The normalized spacial score (nSPS) is 11.6. The summed E-state index contributed by atoms with van der Waals surface area (Å²) in [6, 6.07) is 31.3. The number of aromatic nitrogens is 4. The van der Waals surface area contributed by atoms with Crippen molar-refractivity contribution in [2.75, 3.05) is 0 Å². The van der Waals surface area contributed by atoms with Crippen LogP contribution in [0, 0.1) is 20.8 Å². The molecule has 0 N–H and O–H groups in total. The van der Waals surface area contributed by atoms with Crippen molar-refractivity contribution in [2.45, 2.75) is 47.0 Å². The van der Waals surface area contributed by atoms with Crippen LogP contribution < -0.4 is 4.74 Å². The van der Waals surface area contributed by atoms with Gasteiger partial charge in [-0.05, 0) is 61.7 Å². The number of nitrogens with zero attached hydrogens (tertiary/aromatic N) is 4. The van der Waals surface area contributed by atoms with Crippen LogP contribution in [-0.4, -0.2) is 19.3 Å². The summed E-state index contributed by atoms with van der Waals surface area (Å²) in [5.41, 5.74) is 11.2. The highest BCUT2D eigenvalue weighted by Gasteiger charge is 2.31. The molecule has 6 rings (SSSR count). The maximum absolute atomic E-state index is 6.42. The molecule has 0 radical (unpaired) electrons. The van der Waals surface area contributed by atoms with E-state index in [0.717, 1.165) is 45.5 Å². The molecule has 0 saturated carbocycles. The van der Waals surface area contributed by atoms with Crippen molar-refractivity contribution in [1.29, 1.82) is 0 Å². The molecule has 0 spiro atoms. The minimum Gasteiger partial charge on any atom is -0.457 e. The predicted molar refractivity (Wildman–Crippen MR) is 176 cm³/mol. The first kappa shape index (κ1) is 28.2. The van der Waals surface area contributed by atoms with E-state index in [4.69, 9.17) is 9.84 Å². The molecule has 43 heavy (non-hydrogen) atoms. The standard InChI is InChI=1S/C38H38N4O/c1-25-21-26(2)33(27(3)22-25)34-35(28-13-9-8-10-14-28)40-42(36(34)38(4,5)6)30-16-12-18-32(24-30)43-31-17-11-15-29(23-31)37-39-19-20-41(37)7/h8-24H,1-7H3. The Morgan fingerprint density at radius 2 is 1.35 bits per heavy atom. The van der Waals surface area contributed by atoms with E-state index in [1.165, 1.54) is 27.8 Å². The molecule has 216 valence electrons. The third kappa shape index (κ3) is 5.51. The molecule has 0 aliphatic rings. The summed E-state index contributed by atoms with van der Waals surface area (Å²) in [6.45, 7) is 13.4. The number of hydrogen-bond acceptors (Lipinski definition) is 3. The number of rotatable bonds is 6. The lowest BCUT2D eigenvalue weighted by Crippen LogP contribution is -2.19. The summed E-state index contributed by atoms with van der Waals surface area (Å²) < 4.78 is 10.5. The van der Waals surface area contributed by atoms with Gasteiger partial charge in [0.1, 0.15) is 23.0 Å². The van der Waals surface area contributed by atoms with E-state index in [0.29, 0.717) is 0 Å². The number of ether oxygens (including phenoxy) is 1. The summed E-state index contributed by atoms with van der Waals surface area (Å²) in [4.78, 5) is 4.49. The smallest absolute Gasteiger partial charge is 0.139 e. The Balaban J connectivity index is 1.51. The average Bonchev–Trinajstić information content (AvgIpc) is 3.57. The van der Waals surface area contributed by atoms with Gasteiger partial charge in [0.15, 0.2) is 0 Å². The van der Waals surface area contributed by atoms with Crippen LogP contribution in [0.15, 0.2) is 103 Å². The first-order valence-electron chi connectivity index (χ1n) is 14.7. The second-order valence-electron chi connectivity index (χ2n) is 12.4. The zero-order valence-corrected chi connectivity index (χ0v) is 26.0. The Bertz CT molecular complexity index is 1900. The van der Waals surface area contributed by atoms with Crippen LogP contribution in [0.3, 0.4) is 0 Å². The number of imidazole rings is 1. The third-order valence-electron chi connectivity index (χ3n) is 7.78. The minimum atomic E-state index is -0.202. The van der Waals surface area contributed by atoms with E-state index < -0.39 is 0 Å². The fraction of sp³-hybridized carbons (Fsp3) is 0.211. The van der Waals surface area contributed by atoms with Crippen molar-refractivity contribution in [1.82, 2.24) is 19.3 Å². The maximum Gasteiger partial charge on any atom is 0.139 e. The van der Waals surface area contributed by atoms with Gasteiger partial charge in [-0.25, -0.2) is 9.67 Å². The summed E-state index contributed by atoms with van der Waals surface area (Å²) in [5, 5.41) is 5.35. The molecule has 4 aromatic carbocycles. The number of aryl methyl sites for hydroxylation is 4. The first-order valence-corrected chi connectivity index (χ1v) is 14.7. The molecule has 2 heterocycles. The summed E-state index contributed by atoms with van der Waals surface area (Å²) in [5.74, 6) is 2.40. The molecule has 0 aliphatic carbocycles. The van der Waals surface area contributed by atoms with Crippen molar-refractivity contribution >= 4 is 0 Å². The molecule has 0 atom stereocenters. The van der Waals surface area contributed by atoms with Crippen LogP contribution in [0.25, 0.3) is 39.5 Å². The molecule has 0 saturated heterocycles. The monoisotopic (exact) mass is 566 g/mol. The molecule has 2 aromatic heterocycles. The van der Waals surface area contributed by atoms with Gasteiger partial charge >= 0.3 is 0 Å². The number of benzene rings is 4. The Labute approximate surface area is 254 Å². The van der Waals surface area contributed by atoms with Gasteiger partial charge < -0.3 is 9.30 Å². The molecule has 5 nitrogen and oxygen atoms in total. The second kappa shape index (κ2) is 11.1. The molecule has 0 bridgehead atoms. The zero-order chi connectivity index (χ0) is 30.3. The van der Waals surface area contributed by atoms with Gasteiger partial charge in [-0.2, -0.15) is 5.10 Å². The highest BCUT2D eigenvalue weighted by atomic mass is 16.5. The van der Waals surface area contributed by atoms with E-state index in [9.17, 15) is 0 Å². The van der Waals surface area contributed by atoms with E-state index in [1.54, 1.807) is 6.20 Å². The molecule has 0 amide bonds. The van der Waals surface area contributed by atoms with Gasteiger partial charge in [0.05, 0.1) is 11.4 Å². The van der Waals surface area contributed by atoms with Gasteiger partial charge in [-0.3, -0.25) is 0 Å². The highest BCUT2D eigenvalue weighted by molar-refractivity contribution is 5.87. The Morgan fingerprint density at radius 1 is 0.698 bits per heavy atom. The van der Waals surface area contributed by atoms with E-state index in [2.05, 4.69) is 106 Å². The predicted octanol–water partition coefficient (Wildman–Crippen LogP) is 9.62. The lowest BCUT2D eigenvalue weighted by molar-refractivity contribution is 0.481. The quantitative estimate of drug-likeness (QED) is 0.202. The molecular weight excluding hydrogens is 528 g/mol. The largest absolute Gasteiger partial charge is 0.457 e. The van der Waals surface area contributed by atoms with Crippen molar-refractivity contribution < 1.29 is 4.74 Å². The molecule has 6 aromatic rings. The zero-order valence-electron chi connectivity index (χ0n) is 26.0. The fourth-order valence-electron chi connectivity index (χ4n) is 6.06. The van der Waals surface area contributed by atoms with Crippen LogP contribution in [0.4, 0.5) is 0 Å². The SMILES string of the molecule is Cc1cc(C)c(-c2c(-c3ccccc3)nn(-c3cccc(Oc4cccc(-c5nccn5C)c4)c3)c2C(C)(C)C)c(C)c1. The summed E-state index contributed by atoms with van der Waals surface area (Å²) >= 11 is 0. The van der Waals surface area contributed by atoms with E-state index in [-0.39, 0.29) is 5.41 Å². The molecule has 0 fully saturated rings. The van der Waals surface area contributed by atoms with Gasteiger partial charge in [-0.15, -0.1) is 0 Å². The molecule has 0 aliphatic heterocycles. The average molecular weight is 567 g/mol. The van der Waals surface area contributed by atoms with Crippen LogP contribution >= 0.6 is 0 Å². The molecular formula is C38H38N4O.